The lowest BCUT2D eigenvalue weighted by atomic mass is 10.1. The lowest BCUT2D eigenvalue weighted by molar-refractivity contribution is -0.128. The van der Waals surface area contributed by atoms with Crippen LogP contribution in [0.1, 0.15) is 18.9 Å². The zero-order valence-electron chi connectivity index (χ0n) is 17.6. The third kappa shape index (κ3) is 5.87. The van der Waals surface area contributed by atoms with Crippen LogP contribution in [-0.4, -0.2) is 57.2 Å². The Bertz CT molecular complexity index is 769. The molecule has 2 aromatic rings. The molecule has 0 saturated carbocycles. The molecule has 29 heavy (non-hydrogen) atoms. The number of anilines is 1. The highest BCUT2D eigenvalue weighted by Gasteiger charge is 2.18. The molecule has 0 radical (unpaired) electrons. The molecule has 0 bridgehead atoms. The van der Waals surface area contributed by atoms with Crippen LogP contribution in [0.4, 0.5) is 5.69 Å². The van der Waals surface area contributed by atoms with Gasteiger partial charge in [-0.3, -0.25) is 4.79 Å². The maximum absolute atomic E-state index is 12.5. The predicted octanol–water partition coefficient (Wildman–Crippen LogP) is 2.92. The van der Waals surface area contributed by atoms with Gasteiger partial charge in [-0.15, -0.1) is 0 Å². The number of nitrogens with zero attached hydrogens (tertiary/aromatic N) is 2. The van der Waals surface area contributed by atoms with Crippen LogP contribution in [0.2, 0.25) is 0 Å². The average molecular weight is 398 g/mol. The first-order valence-corrected chi connectivity index (χ1v) is 10.2. The summed E-state index contributed by atoms with van der Waals surface area (Å²) in [5, 5.41) is 2.99. The molecule has 1 amide bonds. The Morgan fingerprint density at radius 2 is 1.62 bits per heavy atom. The number of piperazine rings is 1. The standard InChI is InChI=1S/C23H31N3O3/c1-4-22(29-21-11-9-20(28-3)10-12-21)23(27)24-17-18-5-7-19(8-6-18)26-15-13-25(2)14-16-26/h5-12,22H,4,13-17H2,1-3H3,(H,24,27)/t22-/m1/s1. The van der Waals surface area contributed by atoms with Crippen molar-refractivity contribution in [2.24, 2.45) is 0 Å². The Hall–Kier alpha value is -2.73. The summed E-state index contributed by atoms with van der Waals surface area (Å²) in [6, 6.07) is 15.7. The van der Waals surface area contributed by atoms with Gasteiger partial charge in [-0.1, -0.05) is 19.1 Å². The van der Waals surface area contributed by atoms with Crippen LogP contribution in [0.15, 0.2) is 48.5 Å². The number of hydrogen-bond donors (Lipinski definition) is 1. The average Bonchev–Trinajstić information content (AvgIpc) is 2.77. The van der Waals surface area contributed by atoms with Gasteiger partial charge in [0.05, 0.1) is 7.11 Å². The SMILES string of the molecule is CC[C@@H](Oc1ccc(OC)cc1)C(=O)NCc1ccc(N2CCN(C)CC2)cc1. The molecule has 1 fully saturated rings. The van der Waals surface area contributed by atoms with Crippen LogP contribution < -0.4 is 19.7 Å². The van der Waals surface area contributed by atoms with E-state index >= 15 is 0 Å². The van der Waals surface area contributed by atoms with Gasteiger partial charge >= 0.3 is 0 Å². The summed E-state index contributed by atoms with van der Waals surface area (Å²) in [6.07, 6.45) is 0.0771. The largest absolute Gasteiger partial charge is 0.497 e. The zero-order valence-corrected chi connectivity index (χ0v) is 17.6. The summed E-state index contributed by atoms with van der Waals surface area (Å²) in [5.74, 6) is 1.31. The van der Waals surface area contributed by atoms with Crippen molar-refractivity contribution in [3.63, 3.8) is 0 Å². The summed E-state index contributed by atoms with van der Waals surface area (Å²) in [4.78, 5) is 17.3. The molecule has 1 saturated heterocycles. The lowest BCUT2D eigenvalue weighted by Gasteiger charge is -2.34. The zero-order chi connectivity index (χ0) is 20.6. The van der Waals surface area contributed by atoms with Crippen LogP contribution in [0.5, 0.6) is 11.5 Å². The quantitative estimate of drug-likeness (QED) is 0.742. The number of likely N-dealkylation sites (N-methyl/N-ethyl adjacent to an activating group) is 1. The highest BCUT2D eigenvalue weighted by molar-refractivity contribution is 5.81. The summed E-state index contributed by atoms with van der Waals surface area (Å²) >= 11 is 0. The first-order valence-electron chi connectivity index (χ1n) is 10.2. The van der Waals surface area contributed by atoms with Gasteiger partial charge in [-0.25, -0.2) is 0 Å². The second kappa shape index (κ2) is 10.2. The summed E-state index contributed by atoms with van der Waals surface area (Å²) < 4.78 is 11.0. The minimum absolute atomic E-state index is 0.105. The van der Waals surface area contributed by atoms with Crippen molar-refractivity contribution in [2.75, 3.05) is 45.2 Å². The number of rotatable bonds is 8. The molecule has 2 aromatic carbocycles. The monoisotopic (exact) mass is 397 g/mol. The maximum atomic E-state index is 12.5. The van der Waals surface area contributed by atoms with Gasteiger partial charge in [0.15, 0.2) is 6.10 Å². The third-order valence-electron chi connectivity index (χ3n) is 5.27. The molecular weight excluding hydrogens is 366 g/mol. The predicted molar refractivity (Wildman–Crippen MR) is 116 cm³/mol. The topological polar surface area (TPSA) is 54.0 Å². The van der Waals surface area contributed by atoms with Gasteiger partial charge in [0.1, 0.15) is 11.5 Å². The van der Waals surface area contributed by atoms with Crippen LogP contribution in [0, 0.1) is 0 Å². The molecule has 0 spiro atoms. The van der Waals surface area contributed by atoms with Gasteiger partial charge in [-0.05, 0) is 55.4 Å². The van der Waals surface area contributed by atoms with E-state index < -0.39 is 6.10 Å². The Morgan fingerprint density at radius 1 is 1.00 bits per heavy atom. The molecule has 0 aliphatic carbocycles. The van der Waals surface area contributed by atoms with E-state index in [4.69, 9.17) is 9.47 Å². The number of carbonyl (C=O) groups is 1. The van der Waals surface area contributed by atoms with Crippen molar-refractivity contribution in [1.82, 2.24) is 10.2 Å². The van der Waals surface area contributed by atoms with E-state index in [2.05, 4.69) is 46.4 Å². The summed E-state index contributed by atoms with van der Waals surface area (Å²) in [5.41, 5.74) is 2.32. The van der Waals surface area contributed by atoms with E-state index in [1.54, 1.807) is 7.11 Å². The molecule has 1 aliphatic rings. The number of carbonyl (C=O) groups excluding carboxylic acids is 1. The summed E-state index contributed by atoms with van der Waals surface area (Å²) in [7, 11) is 3.78. The lowest BCUT2D eigenvalue weighted by Crippen LogP contribution is -2.44. The van der Waals surface area contributed by atoms with Crippen molar-refractivity contribution in [1.29, 1.82) is 0 Å². The Labute approximate surface area is 173 Å². The molecule has 3 rings (SSSR count). The number of amides is 1. The first-order chi connectivity index (χ1) is 14.1. The Kier molecular flexibility index (Phi) is 7.36. The van der Waals surface area contributed by atoms with Gasteiger partial charge in [-0.2, -0.15) is 0 Å². The van der Waals surface area contributed by atoms with Gasteiger partial charge in [0.2, 0.25) is 0 Å². The smallest absolute Gasteiger partial charge is 0.261 e. The normalized spacial score (nSPS) is 15.6. The number of methoxy groups -OCH3 is 1. The molecular formula is C23H31N3O3. The third-order valence-corrected chi connectivity index (χ3v) is 5.27. The van der Waals surface area contributed by atoms with Crippen molar-refractivity contribution in [3.05, 3.63) is 54.1 Å². The fraction of sp³-hybridized carbons (Fsp3) is 0.435. The van der Waals surface area contributed by atoms with Crippen LogP contribution in [0.3, 0.4) is 0 Å². The van der Waals surface area contributed by atoms with Crippen LogP contribution >= 0.6 is 0 Å². The molecule has 1 heterocycles. The maximum Gasteiger partial charge on any atom is 0.261 e. The second-order valence-corrected chi connectivity index (χ2v) is 7.36. The van der Waals surface area contributed by atoms with E-state index in [9.17, 15) is 4.79 Å². The molecule has 0 unspecified atom stereocenters. The summed E-state index contributed by atoms with van der Waals surface area (Å²) in [6.45, 7) is 6.71. The molecule has 6 heteroatoms. The van der Waals surface area contributed by atoms with Crippen molar-refractivity contribution >= 4 is 11.6 Å². The Morgan fingerprint density at radius 3 is 2.21 bits per heavy atom. The van der Waals surface area contributed by atoms with Crippen molar-refractivity contribution in [2.45, 2.75) is 26.0 Å². The number of nitrogens with one attached hydrogen (secondary N) is 1. The molecule has 1 aliphatic heterocycles. The van der Waals surface area contributed by atoms with E-state index in [1.807, 2.05) is 31.2 Å². The second-order valence-electron chi connectivity index (χ2n) is 7.36. The van der Waals surface area contributed by atoms with Crippen molar-refractivity contribution in [3.8, 4) is 11.5 Å². The Balaban J connectivity index is 1.50. The van der Waals surface area contributed by atoms with Crippen molar-refractivity contribution < 1.29 is 14.3 Å². The molecule has 156 valence electrons. The van der Waals surface area contributed by atoms with Gasteiger partial charge in [0, 0.05) is 38.4 Å². The number of benzene rings is 2. The van der Waals surface area contributed by atoms with E-state index in [0.717, 1.165) is 37.5 Å². The van der Waals surface area contributed by atoms with Crippen LogP contribution in [0.25, 0.3) is 0 Å². The highest BCUT2D eigenvalue weighted by Crippen LogP contribution is 2.19. The minimum atomic E-state index is -0.520. The van der Waals surface area contributed by atoms with Crippen LogP contribution in [-0.2, 0) is 11.3 Å². The molecule has 1 atom stereocenters. The van der Waals surface area contributed by atoms with Gasteiger partial charge in [0.25, 0.3) is 5.91 Å². The first kappa shape index (κ1) is 21.0. The molecule has 1 N–H and O–H groups in total. The fourth-order valence-electron chi connectivity index (χ4n) is 3.33. The highest BCUT2D eigenvalue weighted by atomic mass is 16.5. The molecule has 0 aromatic heterocycles. The van der Waals surface area contributed by atoms with E-state index in [1.165, 1.54) is 5.69 Å². The number of ether oxygens (including phenoxy) is 2. The van der Waals surface area contributed by atoms with E-state index in [-0.39, 0.29) is 5.91 Å². The fourth-order valence-corrected chi connectivity index (χ4v) is 3.33. The minimum Gasteiger partial charge on any atom is -0.497 e. The number of hydrogen-bond acceptors (Lipinski definition) is 5. The molecule has 6 nitrogen and oxygen atoms in total. The van der Waals surface area contributed by atoms with E-state index in [0.29, 0.717) is 18.7 Å². The van der Waals surface area contributed by atoms with Gasteiger partial charge < -0.3 is 24.6 Å².